The Hall–Kier alpha value is -2.84. The molecule has 0 spiro atoms. The van der Waals surface area contributed by atoms with Gasteiger partial charge in [-0.1, -0.05) is 29.8 Å². The van der Waals surface area contributed by atoms with Crippen LogP contribution in [0.2, 0.25) is 0 Å². The highest BCUT2D eigenvalue weighted by Crippen LogP contribution is 2.13. The molecule has 2 rings (SSSR count). The minimum atomic E-state index is -4.00. The molecule has 1 atom stereocenters. The molecule has 0 amide bonds. The number of hydrogen-bond acceptors (Lipinski definition) is 6. The maximum Gasteiger partial charge on any atom is 0.324 e. The first-order valence-electron chi connectivity index (χ1n) is 8.91. The van der Waals surface area contributed by atoms with Crippen LogP contribution in [0.5, 0.6) is 0 Å². The average Bonchev–Trinajstić information content (AvgIpc) is 2.67. The zero-order valence-corrected chi connectivity index (χ0v) is 17.5. The summed E-state index contributed by atoms with van der Waals surface area (Å²) >= 11 is 0. The molecule has 0 bridgehead atoms. The lowest BCUT2D eigenvalue weighted by molar-refractivity contribution is -0.144. The number of nitrogens with one attached hydrogen (secondary N) is 1. The molecular formula is C21H23NO6S. The number of esters is 1. The standard InChI is InChI=1S/C21H23NO6S/c1-13-5-6-14(2)19(11-13)20(24)12-28-21(25)15(3)22-29(26,27)18-9-7-17(8-10-18)16(4)23/h5-11,15,22H,12H2,1-4H3/t15-/m0/s1. The molecule has 0 unspecified atom stereocenters. The molecule has 0 saturated heterocycles. The van der Waals surface area contributed by atoms with E-state index >= 15 is 0 Å². The largest absolute Gasteiger partial charge is 0.456 e. The Labute approximate surface area is 170 Å². The number of sulfonamides is 1. The number of rotatable bonds is 8. The van der Waals surface area contributed by atoms with Crippen LogP contribution in [0.25, 0.3) is 0 Å². The first-order valence-corrected chi connectivity index (χ1v) is 10.4. The summed E-state index contributed by atoms with van der Waals surface area (Å²) < 4.78 is 32.0. The average molecular weight is 417 g/mol. The summed E-state index contributed by atoms with van der Waals surface area (Å²) in [6.07, 6.45) is 0. The lowest BCUT2D eigenvalue weighted by Crippen LogP contribution is -2.40. The van der Waals surface area contributed by atoms with Gasteiger partial charge < -0.3 is 4.74 Å². The molecule has 7 nitrogen and oxygen atoms in total. The van der Waals surface area contributed by atoms with Gasteiger partial charge in [-0.05, 0) is 51.5 Å². The van der Waals surface area contributed by atoms with Gasteiger partial charge in [-0.2, -0.15) is 4.72 Å². The monoisotopic (exact) mass is 417 g/mol. The van der Waals surface area contributed by atoms with Crippen molar-refractivity contribution in [2.45, 2.75) is 38.6 Å². The van der Waals surface area contributed by atoms with Crippen LogP contribution in [0.3, 0.4) is 0 Å². The summed E-state index contributed by atoms with van der Waals surface area (Å²) in [7, 11) is -4.00. The second-order valence-electron chi connectivity index (χ2n) is 6.77. The Morgan fingerprint density at radius 3 is 2.24 bits per heavy atom. The fourth-order valence-electron chi connectivity index (χ4n) is 2.59. The molecule has 154 valence electrons. The molecule has 0 aliphatic carbocycles. The van der Waals surface area contributed by atoms with Crippen molar-refractivity contribution in [2.75, 3.05) is 6.61 Å². The van der Waals surface area contributed by atoms with E-state index in [2.05, 4.69) is 4.72 Å². The number of carbonyl (C=O) groups is 3. The van der Waals surface area contributed by atoms with Crippen LogP contribution >= 0.6 is 0 Å². The van der Waals surface area contributed by atoms with E-state index < -0.39 is 28.6 Å². The van der Waals surface area contributed by atoms with Crippen LogP contribution in [0.1, 0.15) is 45.7 Å². The summed E-state index contributed by atoms with van der Waals surface area (Å²) in [6, 6.07) is 9.53. The summed E-state index contributed by atoms with van der Waals surface area (Å²) in [6.45, 7) is 5.85. The molecule has 0 aromatic heterocycles. The fourth-order valence-corrected chi connectivity index (χ4v) is 3.79. The molecule has 0 fully saturated rings. The van der Waals surface area contributed by atoms with Crippen molar-refractivity contribution in [3.05, 3.63) is 64.7 Å². The van der Waals surface area contributed by atoms with Crippen LogP contribution in [0.4, 0.5) is 0 Å². The highest BCUT2D eigenvalue weighted by atomic mass is 32.2. The van der Waals surface area contributed by atoms with Crippen molar-refractivity contribution in [2.24, 2.45) is 0 Å². The number of hydrogen-bond donors (Lipinski definition) is 1. The van der Waals surface area contributed by atoms with Gasteiger partial charge in [0.2, 0.25) is 15.8 Å². The quantitative estimate of drug-likeness (QED) is 0.523. The Morgan fingerprint density at radius 2 is 1.66 bits per heavy atom. The van der Waals surface area contributed by atoms with Crippen LogP contribution in [-0.2, 0) is 19.6 Å². The number of ether oxygens (including phenoxy) is 1. The van der Waals surface area contributed by atoms with Gasteiger partial charge in [0, 0.05) is 11.1 Å². The molecule has 29 heavy (non-hydrogen) atoms. The third kappa shape index (κ3) is 5.82. The van der Waals surface area contributed by atoms with Crippen molar-refractivity contribution >= 4 is 27.6 Å². The van der Waals surface area contributed by atoms with E-state index in [-0.39, 0.29) is 16.5 Å². The number of carbonyl (C=O) groups excluding carboxylic acids is 3. The molecule has 0 aliphatic heterocycles. The first kappa shape index (κ1) is 22.4. The minimum Gasteiger partial charge on any atom is -0.456 e. The molecule has 0 aliphatic rings. The SMILES string of the molecule is CC(=O)c1ccc(S(=O)(=O)N[C@@H](C)C(=O)OCC(=O)c2cc(C)ccc2C)cc1. The van der Waals surface area contributed by atoms with Gasteiger partial charge in [0.25, 0.3) is 0 Å². The second-order valence-corrected chi connectivity index (χ2v) is 8.49. The summed E-state index contributed by atoms with van der Waals surface area (Å²) in [5.41, 5.74) is 2.50. The Balaban J connectivity index is 1.99. The zero-order chi connectivity index (χ0) is 21.8. The van der Waals surface area contributed by atoms with Gasteiger partial charge in [-0.25, -0.2) is 8.42 Å². The second kappa shape index (κ2) is 9.11. The molecule has 8 heteroatoms. The Bertz CT molecular complexity index is 1040. The van der Waals surface area contributed by atoms with Gasteiger partial charge in [-0.15, -0.1) is 0 Å². The first-order chi connectivity index (χ1) is 13.5. The molecule has 1 N–H and O–H groups in total. The van der Waals surface area contributed by atoms with E-state index in [0.717, 1.165) is 11.1 Å². The maximum atomic E-state index is 12.4. The highest BCUT2D eigenvalue weighted by molar-refractivity contribution is 7.89. The number of benzene rings is 2. The Morgan fingerprint density at radius 1 is 1.03 bits per heavy atom. The third-order valence-corrected chi connectivity index (χ3v) is 5.85. The van der Waals surface area contributed by atoms with E-state index in [4.69, 9.17) is 4.74 Å². The lowest BCUT2D eigenvalue weighted by atomic mass is 10.0. The molecule has 0 saturated carbocycles. The molecule has 0 radical (unpaired) electrons. The van der Waals surface area contributed by atoms with Gasteiger partial charge in [0.05, 0.1) is 4.90 Å². The van der Waals surface area contributed by atoms with Crippen LogP contribution in [-0.4, -0.2) is 38.6 Å². The molecule has 2 aromatic carbocycles. The third-order valence-electron chi connectivity index (χ3n) is 4.30. The predicted octanol–water partition coefficient (Wildman–Crippen LogP) is 2.60. The topological polar surface area (TPSA) is 107 Å². The van der Waals surface area contributed by atoms with Crippen molar-refractivity contribution in [1.29, 1.82) is 0 Å². The molecular weight excluding hydrogens is 394 g/mol. The predicted molar refractivity (Wildman–Crippen MR) is 107 cm³/mol. The van der Waals surface area contributed by atoms with Gasteiger partial charge >= 0.3 is 5.97 Å². The number of aryl methyl sites for hydroxylation is 2. The smallest absolute Gasteiger partial charge is 0.324 e. The van der Waals surface area contributed by atoms with E-state index in [0.29, 0.717) is 11.1 Å². The Kier molecular flexibility index (Phi) is 7.05. The molecule has 2 aromatic rings. The zero-order valence-electron chi connectivity index (χ0n) is 16.7. The van der Waals surface area contributed by atoms with E-state index in [9.17, 15) is 22.8 Å². The van der Waals surface area contributed by atoms with Gasteiger partial charge in [0.1, 0.15) is 6.04 Å². The van der Waals surface area contributed by atoms with Crippen molar-refractivity contribution in [1.82, 2.24) is 4.72 Å². The van der Waals surface area contributed by atoms with Gasteiger partial charge in [-0.3, -0.25) is 14.4 Å². The normalized spacial score (nSPS) is 12.3. The van der Waals surface area contributed by atoms with Crippen LogP contribution in [0.15, 0.2) is 47.4 Å². The molecule has 0 heterocycles. The maximum absolute atomic E-state index is 12.4. The summed E-state index contributed by atoms with van der Waals surface area (Å²) in [5, 5.41) is 0. The van der Waals surface area contributed by atoms with Crippen LogP contribution < -0.4 is 4.72 Å². The van der Waals surface area contributed by atoms with Gasteiger partial charge in [0.15, 0.2) is 12.4 Å². The lowest BCUT2D eigenvalue weighted by Gasteiger charge is -2.14. The van der Waals surface area contributed by atoms with Crippen molar-refractivity contribution in [3.8, 4) is 0 Å². The van der Waals surface area contributed by atoms with Crippen molar-refractivity contribution < 1.29 is 27.5 Å². The van der Waals surface area contributed by atoms with Crippen molar-refractivity contribution in [3.63, 3.8) is 0 Å². The van der Waals surface area contributed by atoms with E-state index in [1.54, 1.807) is 19.1 Å². The van der Waals surface area contributed by atoms with E-state index in [1.807, 2.05) is 13.0 Å². The summed E-state index contributed by atoms with van der Waals surface area (Å²) in [5.74, 6) is -1.42. The van der Waals surface area contributed by atoms with Crippen LogP contribution in [0, 0.1) is 13.8 Å². The minimum absolute atomic E-state index is 0.0892. The number of Topliss-reactive ketones (excluding diaryl/α,β-unsaturated/α-hetero) is 2. The highest BCUT2D eigenvalue weighted by Gasteiger charge is 2.24. The summed E-state index contributed by atoms with van der Waals surface area (Å²) in [4.78, 5) is 35.6. The fraction of sp³-hybridized carbons (Fsp3) is 0.286. The van der Waals surface area contributed by atoms with E-state index in [1.165, 1.54) is 38.1 Å². The number of ketones is 2.